The topological polar surface area (TPSA) is 61.6 Å². The maximum absolute atomic E-state index is 12.6. The summed E-state index contributed by atoms with van der Waals surface area (Å²) in [5.74, 6) is 0.122. The van der Waals surface area contributed by atoms with Crippen LogP contribution in [0.2, 0.25) is 0 Å². The van der Waals surface area contributed by atoms with Crippen LogP contribution in [0.3, 0.4) is 0 Å². The van der Waals surface area contributed by atoms with Crippen molar-refractivity contribution in [2.24, 2.45) is 0 Å². The molecular weight excluding hydrogens is 304 g/mol. The molecular formula is C18H24N4O2. The lowest BCUT2D eigenvalue weighted by Crippen LogP contribution is -2.50. The molecule has 0 saturated carbocycles. The van der Waals surface area contributed by atoms with Gasteiger partial charge in [0.05, 0.1) is 12.4 Å². The van der Waals surface area contributed by atoms with E-state index < -0.39 is 6.10 Å². The standard InChI is InChI=1S/C18H24N4O2/c1-15(22-8-7-19-14-22)18(24)21-11-9-20(10-12-21)13-17(23)16-5-3-2-4-6-16/h2-8,14-15,17,23H,9-13H2,1H3/t15-,17+/m1/s1. The van der Waals surface area contributed by atoms with Crippen molar-refractivity contribution in [3.63, 3.8) is 0 Å². The minimum absolute atomic E-state index is 0.122. The third-order valence-corrected chi connectivity index (χ3v) is 4.63. The molecule has 1 saturated heterocycles. The van der Waals surface area contributed by atoms with E-state index >= 15 is 0 Å². The summed E-state index contributed by atoms with van der Waals surface area (Å²) >= 11 is 0. The second-order valence-electron chi connectivity index (χ2n) is 6.24. The molecule has 0 spiro atoms. The first-order chi connectivity index (χ1) is 11.6. The lowest BCUT2D eigenvalue weighted by atomic mass is 10.1. The van der Waals surface area contributed by atoms with Gasteiger partial charge < -0.3 is 14.6 Å². The third kappa shape index (κ3) is 3.83. The molecule has 1 aromatic carbocycles. The maximum atomic E-state index is 12.6. The quantitative estimate of drug-likeness (QED) is 0.899. The van der Waals surface area contributed by atoms with Crippen LogP contribution in [0.25, 0.3) is 0 Å². The summed E-state index contributed by atoms with van der Waals surface area (Å²) in [6, 6.07) is 9.48. The molecule has 1 amide bonds. The number of piperazine rings is 1. The van der Waals surface area contributed by atoms with Crippen LogP contribution in [0.4, 0.5) is 0 Å². The number of aromatic nitrogens is 2. The summed E-state index contributed by atoms with van der Waals surface area (Å²) in [5, 5.41) is 10.3. The van der Waals surface area contributed by atoms with Gasteiger partial charge in [-0.1, -0.05) is 30.3 Å². The van der Waals surface area contributed by atoms with E-state index in [0.717, 1.165) is 18.7 Å². The lowest BCUT2D eigenvalue weighted by Gasteiger charge is -2.36. The average Bonchev–Trinajstić information content (AvgIpc) is 3.16. The molecule has 1 aliphatic rings. The molecule has 1 N–H and O–H groups in total. The van der Waals surface area contributed by atoms with Gasteiger partial charge in [0.15, 0.2) is 0 Å². The minimum Gasteiger partial charge on any atom is -0.387 e. The van der Waals surface area contributed by atoms with Gasteiger partial charge in [-0.3, -0.25) is 9.69 Å². The second-order valence-corrected chi connectivity index (χ2v) is 6.24. The second kappa shape index (κ2) is 7.59. The van der Waals surface area contributed by atoms with Crippen molar-refractivity contribution in [3.05, 3.63) is 54.6 Å². The van der Waals surface area contributed by atoms with Crippen LogP contribution >= 0.6 is 0 Å². The first-order valence-electron chi connectivity index (χ1n) is 8.37. The Morgan fingerprint density at radius 1 is 1.21 bits per heavy atom. The number of hydrogen-bond acceptors (Lipinski definition) is 4. The molecule has 0 radical (unpaired) electrons. The van der Waals surface area contributed by atoms with Crippen LogP contribution in [0.15, 0.2) is 49.1 Å². The highest BCUT2D eigenvalue weighted by molar-refractivity contribution is 5.80. The Hall–Kier alpha value is -2.18. The van der Waals surface area contributed by atoms with E-state index in [9.17, 15) is 9.90 Å². The highest BCUT2D eigenvalue weighted by Crippen LogP contribution is 2.16. The number of imidazole rings is 1. The van der Waals surface area contributed by atoms with E-state index in [-0.39, 0.29) is 11.9 Å². The summed E-state index contributed by atoms with van der Waals surface area (Å²) in [6.07, 6.45) is 4.69. The monoisotopic (exact) mass is 328 g/mol. The zero-order valence-corrected chi connectivity index (χ0v) is 14.0. The minimum atomic E-state index is -0.488. The molecule has 6 nitrogen and oxygen atoms in total. The van der Waals surface area contributed by atoms with E-state index in [0.29, 0.717) is 19.6 Å². The Labute approximate surface area is 142 Å². The summed E-state index contributed by atoms with van der Waals surface area (Å²) in [7, 11) is 0. The number of amides is 1. The average molecular weight is 328 g/mol. The first kappa shape index (κ1) is 16.7. The van der Waals surface area contributed by atoms with Crippen LogP contribution < -0.4 is 0 Å². The number of hydrogen-bond donors (Lipinski definition) is 1. The first-order valence-corrected chi connectivity index (χ1v) is 8.37. The van der Waals surface area contributed by atoms with Gasteiger partial charge in [-0.2, -0.15) is 0 Å². The number of β-amino-alcohol motifs (C(OH)–C–C–N with tert-alkyl or cyclic N) is 1. The molecule has 2 atom stereocenters. The highest BCUT2D eigenvalue weighted by atomic mass is 16.3. The highest BCUT2D eigenvalue weighted by Gasteiger charge is 2.26. The smallest absolute Gasteiger partial charge is 0.245 e. The van der Waals surface area contributed by atoms with Crippen LogP contribution in [0.5, 0.6) is 0 Å². The van der Waals surface area contributed by atoms with E-state index in [1.807, 2.05) is 52.9 Å². The number of aliphatic hydroxyl groups excluding tert-OH is 1. The fourth-order valence-corrected chi connectivity index (χ4v) is 3.07. The molecule has 2 aromatic rings. The van der Waals surface area contributed by atoms with Gasteiger partial charge in [0.1, 0.15) is 6.04 Å². The van der Waals surface area contributed by atoms with Crippen molar-refractivity contribution >= 4 is 5.91 Å². The van der Waals surface area contributed by atoms with Crippen molar-refractivity contribution in [1.82, 2.24) is 19.4 Å². The van der Waals surface area contributed by atoms with E-state index in [1.165, 1.54) is 0 Å². The Morgan fingerprint density at radius 2 is 1.92 bits per heavy atom. The Kier molecular flexibility index (Phi) is 5.27. The van der Waals surface area contributed by atoms with Crippen molar-refractivity contribution in [2.75, 3.05) is 32.7 Å². The van der Waals surface area contributed by atoms with Gasteiger partial charge in [-0.25, -0.2) is 4.98 Å². The van der Waals surface area contributed by atoms with Crippen LogP contribution in [0, 0.1) is 0 Å². The van der Waals surface area contributed by atoms with Crippen molar-refractivity contribution in [1.29, 1.82) is 0 Å². The number of carbonyl (C=O) groups excluding carboxylic acids is 1. The van der Waals surface area contributed by atoms with Gasteiger partial charge >= 0.3 is 0 Å². The molecule has 24 heavy (non-hydrogen) atoms. The van der Waals surface area contributed by atoms with E-state index in [4.69, 9.17) is 0 Å². The number of nitrogens with zero attached hydrogens (tertiary/aromatic N) is 4. The Balaban J connectivity index is 1.50. The van der Waals surface area contributed by atoms with Crippen LogP contribution in [0.1, 0.15) is 24.6 Å². The zero-order chi connectivity index (χ0) is 16.9. The van der Waals surface area contributed by atoms with Crippen molar-refractivity contribution in [3.8, 4) is 0 Å². The maximum Gasteiger partial charge on any atom is 0.245 e. The fourth-order valence-electron chi connectivity index (χ4n) is 3.07. The fraction of sp³-hybridized carbons (Fsp3) is 0.444. The van der Waals surface area contributed by atoms with Gasteiger partial charge in [0.25, 0.3) is 0 Å². The Bertz CT molecular complexity index is 636. The molecule has 0 unspecified atom stereocenters. The van der Waals surface area contributed by atoms with Gasteiger partial charge in [-0.05, 0) is 12.5 Å². The molecule has 1 fully saturated rings. The molecule has 128 valence electrons. The van der Waals surface area contributed by atoms with Crippen LogP contribution in [-0.2, 0) is 4.79 Å². The number of rotatable bonds is 5. The van der Waals surface area contributed by atoms with Crippen LogP contribution in [-0.4, -0.2) is 63.1 Å². The zero-order valence-electron chi connectivity index (χ0n) is 14.0. The molecule has 1 aliphatic heterocycles. The molecule has 2 heterocycles. The van der Waals surface area contributed by atoms with E-state index in [2.05, 4.69) is 9.88 Å². The van der Waals surface area contributed by atoms with Crippen molar-refractivity contribution < 1.29 is 9.90 Å². The molecule has 0 bridgehead atoms. The Morgan fingerprint density at radius 3 is 2.54 bits per heavy atom. The van der Waals surface area contributed by atoms with E-state index in [1.54, 1.807) is 12.5 Å². The summed E-state index contributed by atoms with van der Waals surface area (Å²) in [6.45, 7) is 5.45. The number of carbonyl (C=O) groups is 1. The molecule has 1 aromatic heterocycles. The van der Waals surface area contributed by atoms with Crippen molar-refractivity contribution in [2.45, 2.75) is 19.1 Å². The summed E-state index contributed by atoms with van der Waals surface area (Å²) in [5.41, 5.74) is 0.935. The third-order valence-electron chi connectivity index (χ3n) is 4.63. The lowest BCUT2D eigenvalue weighted by molar-refractivity contribution is -0.136. The largest absolute Gasteiger partial charge is 0.387 e. The normalized spacial score (nSPS) is 18.3. The number of aliphatic hydroxyl groups is 1. The predicted molar refractivity (Wildman–Crippen MR) is 91.4 cm³/mol. The summed E-state index contributed by atoms with van der Waals surface area (Å²) < 4.78 is 1.83. The van der Waals surface area contributed by atoms with Gasteiger partial charge in [0.2, 0.25) is 5.91 Å². The molecule has 6 heteroatoms. The summed E-state index contributed by atoms with van der Waals surface area (Å²) in [4.78, 5) is 20.7. The molecule has 3 rings (SSSR count). The number of benzene rings is 1. The molecule has 0 aliphatic carbocycles. The predicted octanol–water partition coefficient (Wildman–Crippen LogP) is 1.32. The SMILES string of the molecule is C[C@H](C(=O)N1CCN(C[C@H](O)c2ccccc2)CC1)n1ccnc1. The van der Waals surface area contributed by atoms with Gasteiger partial charge in [0, 0.05) is 45.1 Å². The van der Waals surface area contributed by atoms with Gasteiger partial charge in [-0.15, -0.1) is 0 Å².